The maximum absolute atomic E-state index is 12.7. The lowest BCUT2D eigenvalue weighted by atomic mass is 9.93. The summed E-state index contributed by atoms with van der Waals surface area (Å²) in [6.45, 7) is 6.54. The molecule has 2 aliphatic heterocycles. The highest BCUT2D eigenvalue weighted by Crippen LogP contribution is 2.38. The van der Waals surface area contributed by atoms with E-state index in [1.807, 2.05) is 11.6 Å². The minimum atomic E-state index is -0.213. The van der Waals surface area contributed by atoms with E-state index in [2.05, 4.69) is 11.5 Å². The van der Waals surface area contributed by atoms with Gasteiger partial charge in [0.25, 0.3) is 5.91 Å². The number of hydrogen-bond acceptors (Lipinski definition) is 6. The summed E-state index contributed by atoms with van der Waals surface area (Å²) < 4.78 is 24.5. The van der Waals surface area contributed by atoms with Gasteiger partial charge in [0.2, 0.25) is 0 Å². The molecule has 2 saturated heterocycles. The fourth-order valence-corrected chi connectivity index (χ4v) is 4.41. The second-order valence-corrected chi connectivity index (χ2v) is 8.09. The second kappa shape index (κ2) is 7.93. The number of rotatable bonds is 5. The van der Waals surface area contributed by atoms with E-state index in [1.54, 1.807) is 0 Å². The molecule has 29 heavy (non-hydrogen) atoms. The van der Waals surface area contributed by atoms with Crippen molar-refractivity contribution in [1.29, 1.82) is 0 Å². The molecule has 5 rings (SSSR count). The average molecular weight is 401 g/mol. The van der Waals surface area contributed by atoms with Crippen LogP contribution in [0.4, 0.5) is 0 Å². The molecule has 8 heteroatoms. The molecule has 0 unspecified atom stereocenters. The number of carbonyl (C=O) groups is 1. The normalized spacial score (nSPS) is 23.6. The summed E-state index contributed by atoms with van der Waals surface area (Å²) in [7, 11) is 0. The van der Waals surface area contributed by atoms with Gasteiger partial charge in [-0.25, -0.2) is 0 Å². The summed E-state index contributed by atoms with van der Waals surface area (Å²) >= 11 is 0. The Morgan fingerprint density at radius 2 is 2.14 bits per heavy atom. The standard InChI is InChI=1S/C21H27N3O5/c1-13-18-17(29-20(13)21(25)22-8-16-12-27-6-7-28-16)3-2-15-10-24(23-19(15)18)9-14-4-5-26-11-14/h10,14,16H,2-9,11-12H2,1H3,(H,22,25)/t14-,16+/m0/s1. The summed E-state index contributed by atoms with van der Waals surface area (Å²) in [5, 5.41) is 7.76. The van der Waals surface area contributed by atoms with Gasteiger partial charge < -0.3 is 23.9 Å². The van der Waals surface area contributed by atoms with E-state index in [4.69, 9.17) is 23.7 Å². The van der Waals surface area contributed by atoms with Crippen LogP contribution in [0, 0.1) is 12.8 Å². The Hall–Kier alpha value is -2.16. The minimum Gasteiger partial charge on any atom is -0.455 e. The van der Waals surface area contributed by atoms with Gasteiger partial charge in [-0.1, -0.05) is 0 Å². The van der Waals surface area contributed by atoms with Gasteiger partial charge in [-0.05, 0) is 25.3 Å². The number of ether oxygens (including phenoxy) is 3. The number of nitrogens with zero attached hydrogens (tertiary/aromatic N) is 2. The largest absolute Gasteiger partial charge is 0.455 e. The molecule has 0 radical (unpaired) electrons. The predicted octanol–water partition coefficient (Wildman–Crippen LogP) is 1.73. The van der Waals surface area contributed by atoms with E-state index in [-0.39, 0.29) is 12.0 Å². The van der Waals surface area contributed by atoms with E-state index in [9.17, 15) is 4.79 Å². The molecule has 2 fully saturated rings. The van der Waals surface area contributed by atoms with Crippen molar-refractivity contribution in [3.8, 4) is 11.3 Å². The fourth-order valence-electron chi connectivity index (χ4n) is 4.41. The van der Waals surface area contributed by atoms with Crippen molar-refractivity contribution in [3.63, 3.8) is 0 Å². The van der Waals surface area contributed by atoms with E-state index in [1.165, 1.54) is 5.56 Å². The third kappa shape index (κ3) is 3.72. The summed E-state index contributed by atoms with van der Waals surface area (Å²) in [4.78, 5) is 12.7. The first kappa shape index (κ1) is 18.8. The number of furan rings is 1. The highest BCUT2D eigenvalue weighted by atomic mass is 16.6. The maximum atomic E-state index is 12.7. The van der Waals surface area contributed by atoms with Crippen LogP contribution in [0.2, 0.25) is 0 Å². The third-order valence-electron chi connectivity index (χ3n) is 5.97. The lowest BCUT2D eigenvalue weighted by molar-refractivity contribution is -0.0856. The summed E-state index contributed by atoms with van der Waals surface area (Å²) in [5.41, 5.74) is 4.01. The third-order valence-corrected chi connectivity index (χ3v) is 5.97. The van der Waals surface area contributed by atoms with Crippen LogP contribution < -0.4 is 5.32 Å². The van der Waals surface area contributed by atoms with Crippen LogP contribution in [0.3, 0.4) is 0 Å². The zero-order valence-corrected chi connectivity index (χ0v) is 16.7. The molecule has 1 amide bonds. The van der Waals surface area contributed by atoms with Gasteiger partial charge >= 0.3 is 0 Å². The van der Waals surface area contributed by atoms with E-state index in [0.29, 0.717) is 38.0 Å². The highest BCUT2D eigenvalue weighted by molar-refractivity contribution is 5.95. The van der Waals surface area contributed by atoms with Crippen LogP contribution >= 0.6 is 0 Å². The molecule has 0 aromatic carbocycles. The fraction of sp³-hybridized carbons (Fsp3) is 0.619. The first-order chi connectivity index (χ1) is 14.2. The molecule has 2 atom stereocenters. The Bertz CT molecular complexity index is 891. The number of fused-ring (bicyclic) bond motifs is 3. The van der Waals surface area contributed by atoms with Crippen molar-refractivity contribution in [2.24, 2.45) is 5.92 Å². The quantitative estimate of drug-likeness (QED) is 0.821. The van der Waals surface area contributed by atoms with Gasteiger partial charge in [-0.15, -0.1) is 0 Å². The summed E-state index contributed by atoms with van der Waals surface area (Å²) in [6.07, 6.45) is 4.78. The van der Waals surface area contributed by atoms with Crippen molar-refractivity contribution in [2.75, 3.05) is 39.6 Å². The molecule has 0 saturated carbocycles. The van der Waals surface area contributed by atoms with Gasteiger partial charge in [-0.3, -0.25) is 9.48 Å². The lowest BCUT2D eigenvalue weighted by Gasteiger charge is -2.22. The van der Waals surface area contributed by atoms with Crippen LogP contribution in [0.1, 0.15) is 33.9 Å². The molecule has 8 nitrogen and oxygen atoms in total. The molecule has 0 spiro atoms. The number of hydrogen-bond donors (Lipinski definition) is 1. The predicted molar refractivity (Wildman–Crippen MR) is 104 cm³/mol. The number of aromatic nitrogens is 2. The SMILES string of the molecule is Cc1c(C(=O)NC[C@@H]2COCCO2)oc2c1-c1nn(C[C@@H]3CCOC3)cc1CC2. The smallest absolute Gasteiger partial charge is 0.287 e. The van der Waals surface area contributed by atoms with Gasteiger partial charge in [0, 0.05) is 49.4 Å². The van der Waals surface area contributed by atoms with Crippen molar-refractivity contribution < 1.29 is 23.4 Å². The first-order valence-electron chi connectivity index (χ1n) is 10.4. The monoisotopic (exact) mass is 401 g/mol. The van der Waals surface area contributed by atoms with Crippen LogP contribution in [0.25, 0.3) is 11.3 Å². The molecular weight excluding hydrogens is 374 g/mol. The number of nitrogens with one attached hydrogen (secondary N) is 1. The molecule has 0 bridgehead atoms. The molecule has 2 aromatic rings. The van der Waals surface area contributed by atoms with Crippen molar-refractivity contribution in [1.82, 2.24) is 15.1 Å². The molecule has 1 aliphatic carbocycles. The Morgan fingerprint density at radius 1 is 1.24 bits per heavy atom. The van der Waals surface area contributed by atoms with Gasteiger partial charge in [-0.2, -0.15) is 5.10 Å². The van der Waals surface area contributed by atoms with E-state index in [0.717, 1.165) is 61.6 Å². The Balaban J connectivity index is 1.33. The average Bonchev–Trinajstić information content (AvgIpc) is 3.46. The number of aryl methyl sites for hydroxylation is 2. The van der Waals surface area contributed by atoms with Crippen molar-refractivity contribution >= 4 is 5.91 Å². The number of amides is 1. The Labute approximate surface area is 169 Å². The van der Waals surface area contributed by atoms with Crippen LogP contribution in [0.15, 0.2) is 10.6 Å². The van der Waals surface area contributed by atoms with Gasteiger partial charge in [0.05, 0.1) is 38.2 Å². The summed E-state index contributed by atoms with van der Waals surface area (Å²) in [5.74, 6) is 1.54. The molecular formula is C21H27N3O5. The van der Waals surface area contributed by atoms with E-state index >= 15 is 0 Å². The van der Waals surface area contributed by atoms with E-state index < -0.39 is 0 Å². The van der Waals surface area contributed by atoms with Gasteiger partial charge in [0.1, 0.15) is 5.76 Å². The molecule has 1 N–H and O–H groups in total. The summed E-state index contributed by atoms with van der Waals surface area (Å²) in [6, 6.07) is 0. The van der Waals surface area contributed by atoms with Crippen LogP contribution in [-0.4, -0.2) is 61.4 Å². The second-order valence-electron chi connectivity index (χ2n) is 8.09. The number of carbonyl (C=O) groups excluding carboxylic acids is 1. The van der Waals surface area contributed by atoms with Gasteiger partial charge in [0.15, 0.2) is 5.76 Å². The Morgan fingerprint density at radius 3 is 2.93 bits per heavy atom. The molecule has 2 aromatic heterocycles. The molecule has 4 heterocycles. The van der Waals surface area contributed by atoms with Crippen LogP contribution in [0.5, 0.6) is 0 Å². The molecule has 3 aliphatic rings. The lowest BCUT2D eigenvalue weighted by Crippen LogP contribution is -2.39. The zero-order chi connectivity index (χ0) is 19.8. The highest BCUT2D eigenvalue weighted by Gasteiger charge is 2.30. The Kier molecular flexibility index (Phi) is 5.15. The first-order valence-corrected chi connectivity index (χ1v) is 10.4. The van der Waals surface area contributed by atoms with Crippen molar-refractivity contribution in [3.05, 3.63) is 28.8 Å². The minimum absolute atomic E-state index is 0.112. The molecule has 156 valence electrons. The van der Waals surface area contributed by atoms with Crippen LogP contribution in [-0.2, 0) is 33.6 Å². The zero-order valence-electron chi connectivity index (χ0n) is 16.7. The van der Waals surface area contributed by atoms with Crippen molar-refractivity contribution in [2.45, 2.75) is 38.8 Å². The maximum Gasteiger partial charge on any atom is 0.287 e. The topological polar surface area (TPSA) is 87.8 Å².